The summed E-state index contributed by atoms with van der Waals surface area (Å²) in [7, 11) is 0. The second kappa shape index (κ2) is 4.95. The van der Waals surface area contributed by atoms with Crippen LogP contribution in [0.4, 0.5) is 24.5 Å². The molecular weight excluding hydrogens is 255 g/mol. The lowest BCUT2D eigenvalue weighted by molar-refractivity contribution is -0.119. The Bertz CT molecular complexity index is 581. The second-order valence-corrected chi connectivity index (χ2v) is 4.22. The highest BCUT2D eigenvalue weighted by Gasteiger charge is 2.31. The Kier molecular flexibility index (Phi) is 3.50. The van der Waals surface area contributed by atoms with E-state index in [9.17, 15) is 13.2 Å². The topological polar surface area (TPSA) is 42.2 Å². The minimum Gasteiger partial charge on any atom is -0.397 e. The van der Waals surface area contributed by atoms with E-state index >= 15 is 0 Å². The van der Waals surface area contributed by atoms with Gasteiger partial charge in [-0.25, -0.2) is 0 Å². The van der Waals surface area contributed by atoms with Crippen LogP contribution in [0.25, 0.3) is 10.8 Å². The summed E-state index contributed by atoms with van der Waals surface area (Å²) in [5.74, 6) is 0. The molecule has 0 amide bonds. The van der Waals surface area contributed by atoms with Gasteiger partial charge in [-0.3, -0.25) is 4.98 Å². The largest absolute Gasteiger partial charge is 0.405 e. The van der Waals surface area contributed by atoms with Gasteiger partial charge < -0.3 is 10.6 Å². The third-order valence-corrected chi connectivity index (χ3v) is 2.93. The number of aromatic nitrogens is 1. The van der Waals surface area contributed by atoms with Crippen LogP contribution in [0.2, 0.25) is 0 Å². The van der Waals surface area contributed by atoms with E-state index in [2.05, 4.69) is 4.98 Å². The van der Waals surface area contributed by atoms with Gasteiger partial charge in [0.2, 0.25) is 0 Å². The lowest BCUT2D eigenvalue weighted by Gasteiger charge is -2.26. The third kappa shape index (κ3) is 2.89. The average Bonchev–Trinajstić information content (AvgIpc) is 2.36. The molecule has 0 saturated heterocycles. The molecule has 1 heterocycles. The van der Waals surface area contributed by atoms with Crippen molar-refractivity contribution >= 4 is 22.1 Å². The van der Waals surface area contributed by atoms with Crippen molar-refractivity contribution in [3.63, 3.8) is 0 Å². The summed E-state index contributed by atoms with van der Waals surface area (Å²) in [6, 6.07) is 5.04. The molecule has 0 radical (unpaired) electrons. The number of hydrogen-bond acceptors (Lipinski definition) is 3. The molecule has 102 valence electrons. The fourth-order valence-corrected chi connectivity index (χ4v) is 2.04. The highest BCUT2D eigenvalue weighted by atomic mass is 19.4. The summed E-state index contributed by atoms with van der Waals surface area (Å²) in [6.07, 6.45) is -1.05. The molecule has 0 aliphatic heterocycles. The smallest absolute Gasteiger partial charge is 0.397 e. The first-order valence-electron chi connectivity index (χ1n) is 5.86. The Morgan fingerprint density at radius 3 is 2.63 bits per heavy atom. The number of rotatable bonds is 3. The van der Waals surface area contributed by atoms with Crippen LogP contribution < -0.4 is 10.6 Å². The van der Waals surface area contributed by atoms with Crippen molar-refractivity contribution in [1.82, 2.24) is 4.98 Å². The molecule has 2 N–H and O–H groups in total. The average molecular weight is 269 g/mol. The molecular formula is C13H14F3N3. The molecule has 2 aromatic rings. The number of nitrogens with zero attached hydrogens (tertiary/aromatic N) is 2. The summed E-state index contributed by atoms with van der Waals surface area (Å²) in [4.78, 5) is 5.18. The maximum Gasteiger partial charge on any atom is 0.405 e. The van der Waals surface area contributed by atoms with E-state index in [-0.39, 0.29) is 6.54 Å². The van der Waals surface area contributed by atoms with E-state index in [0.717, 1.165) is 5.39 Å². The van der Waals surface area contributed by atoms with Crippen LogP contribution in [0.3, 0.4) is 0 Å². The van der Waals surface area contributed by atoms with Gasteiger partial charge in [0.25, 0.3) is 0 Å². The van der Waals surface area contributed by atoms with Crippen LogP contribution in [0.1, 0.15) is 6.92 Å². The fourth-order valence-electron chi connectivity index (χ4n) is 2.04. The summed E-state index contributed by atoms with van der Waals surface area (Å²) >= 11 is 0. The summed E-state index contributed by atoms with van der Waals surface area (Å²) in [6.45, 7) is 0.895. The zero-order chi connectivity index (χ0) is 14.0. The number of nitrogens with two attached hydrogens (primary N) is 1. The van der Waals surface area contributed by atoms with Crippen molar-refractivity contribution in [2.45, 2.75) is 13.1 Å². The van der Waals surface area contributed by atoms with E-state index in [4.69, 9.17) is 5.73 Å². The van der Waals surface area contributed by atoms with Gasteiger partial charge in [0, 0.05) is 29.7 Å². The van der Waals surface area contributed by atoms with Gasteiger partial charge in [-0.05, 0) is 19.1 Å². The molecule has 0 fully saturated rings. The zero-order valence-electron chi connectivity index (χ0n) is 10.4. The number of nitrogen functional groups attached to an aromatic ring is 1. The molecule has 6 heteroatoms. The van der Waals surface area contributed by atoms with E-state index in [0.29, 0.717) is 16.8 Å². The summed E-state index contributed by atoms with van der Waals surface area (Å²) in [5, 5.41) is 1.53. The lowest BCUT2D eigenvalue weighted by atomic mass is 10.1. The molecule has 1 aromatic carbocycles. The summed E-state index contributed by atoms with van der Waals surface area (Å²) in [5.41, 5.74) is 6.73. The molecule has 1 aromatic heterocycles. The highest BCUT2D eigenvalue weighted by Crippen LogP contribution is 2.32. The highest BCUT2D eigenvalue weighted by molar-refractivity contribution is 5.98. The van der Waals surface area contributed by atoms with Gasteiger partial charge in [-0.1, -0.05) is 6.07 Å². The molecule has 3 nitrogen and oxygen atoms in total. The van der Waals surface area contributed by atoms with E-state index < -0.39 is 12.7 Å². The lowest BCUT2D eigenvalue weighted by Crippen LogP contribution is -2.34. The van der Waals surface area contributed by atoms with Crippen LogP contribution in [0.15, 0.2) is 30.6 Å². The molecule has 2 rings (SSSR count). The minimum atomic E-state index is -4.25. The quantitative estimate of drug-likeness (QED) is 0.870. The Morgan fingerprint density at radius 1 is 1.26 bits per heavy atom. The van der Waals surface area contributed by atoms with Crippen LogP contribution in [0.5, 0.6) is 0 Å². The van der Waals surface area contributed by atoms with Crippen LogP contribution in [-0.4, -0.2) is 24.2 Å². The number of hydrogen-bond donors (Lipinski definition) is 1. The Morgan fingerprint density at radius 2 is 2.00 bits per heavy atom. The van der Waals surface area contributed by atoms with Gasteiger partial charge in [-0.2, -0.15) is 13.2 Å². The van der Waals surface area contributed by atoms with Gasteiger partial charge >= 0.3 is 6.18 Å². The van der Waals surface area contributed by atoms with Crippen LogP contribution in [-0.2, 0) is 0 Å². The van der Waals surface area contributed by atoms with E-state index in [1.165, 1.54) is 4.90 Å². The maximum atomic E-state index is 12.5. The number of pyridine rings is 1. The Balaban J connectivity index is 2.46. The van der Waals surface area contributed by atoms with E-state index in [1.54, 1.807) is 37.5 Å². The fraction of sp³-hybridized carbons (Fsp3) is 0.308. The van der Waals surface area contributed by atoms with Crippen molar-refractivity contribution in [3.05, 3.63) is 30.6 Å². The first-order chi connectivity index (χ1) is 8.92. The Labute approximate surface area is 108 Å². The molecule has 19 heavy (non-hydrogen) atoms. The molecule has 0 atom stereocenters. The van der Waals surface area contributed by atoms with Crippen molar-refractivity contribution in [1.29, 1.82) is 0 Å². The van der Waals surface area contributed by atoms with Gasteiger partial charge in [-0.15, -0.1) is 0 Å². The Hall–Kier alpha value is -1.98. The number of alkyl halides is 3. The molecule has 0 aliphatic rings. The second-order valence-electron chi connectivity index (χ2n) is 4.22. The number of halogens is 3. The van der Waals surface area contributed by atoms with Gasteiger partial charge in [0.1, 0.15) is 6.54 Å². The monoisotopic (exact) mass is 269 g/mol. The number of fused-ring (bicyclic) bond motifs is 1. The van der Waals surface area contributed by atoms with Crippen molar-refractivity contribution in [3.8, 4) is 0 Å². The normalized spacial score (nSPS) is 11.8. The van der Waals surface area contributed by atoms with Gasteiger partial charge in [0.15, 0.2) is 0 Å². The standard InChI is InChI=1S/C13H14F3N3/c1-2-19(8-13(14,15)16)11-4-3-9-7-18-6-5-10(9)12(11)17/h3-7H,2,8,17H2,1H3. The molecule has 0 spiro atoms. The summed E-state index contributed by atoms with van der Waals surface area (Å²) < 4.78 is 37.6. The third-order valence-electron chi connectivity index (χ3n) is 2.93. The van der Waals surface area contributed by atoms with Crippen molar-refractivity contribution in [2.24, 2.45) is 0 Å². The predicted molar refractivity (Wildman–Crippen MR) is 70.1 cm³/mol. The zero-order valence-corrected chi connectivity index (χ0v) is 10.4. The predicted octanol–water partition coefficient (Wildman–Crippen LogP) is 3.21. The molecule has 0 aliphatic carbocycles. The minimum absolute atomic E-state index is 0.236. The van der Waals surface area contributed by atoms with E-state index in [1.807, 2.05) is 0 Å². The maximum absolute atomic E-state index is 12.5. The SMILES string of the molecule is CCN(CC(F)(F)F)c1ccc2cnccc2c1N. The van der Waals surface area contributed by atoms with Crippen LogP contribution in [0, 0.1) is 0 Å². The van der Waals surface area contributed by atoms with Gasteiger partial charge in [0.05, 0.1) is 11.4 Å². The van der Waals surface area contributed by atoms with Crippen LogP contribution >= 0.6 is 0 Å². The van der Waals surface area contributed by atoms with Crippen molar-refractivity contribution in [2.75, 3.05) is 23.7 Å². The molecule has 0 bridgehead atoms. The number of anilines is 2. The first-order valence-corrected chi connectivity index (χ1v) is 5.86. The first kappa shape index (κ1) is 13.5. The van der Waals surface area contributed by atoms with Crippen molar-refractivity contribution < 1.29 is 13.2 Å². The molecule has 0 unspecified atom stereocenters. The number of benzene rings is 1. The molecule has 0 saturated carbocycles.